The number of carbonyl (C=O) groups is 2. The van der Waals surface area contributed by atoms with Crippen LogP contribution in [0.4, 0.5) is 4.39 Å². The van der Waals surface area contributed by atoms with Gasteiger partial charge < -0.3 is 14.5 Å². The van der Waals surface area contributed by atoms with Gasteiger partial charge in [-0.25, -0.2) is 4.39 Å². The van der Waals surface area contributed by atoms with Crippen molar-refractivity contribution in [1.29, 1.82) is 0 Å². The number of hydrogen-bond acceptors (Lipinski definition) is 3. The van der Waals surface area contributed by atoms with Crippen LogP contribution in [0.2, 0.25) is 0 Å². The molecule has 6 heteroatoms. The van der Waals surface area contributed by atoms with Crippen LogP contribution in [-0.4, -0.2) is 55.4 Å². The fraction of sp³-hybridized carbons (Fsp3) is 0.385. The van der Waals surface area contributed by atoms with E-state index in [0.29, 0.717) is 26.2 Å². The molecule has 0 aliphatic carbocycles. The Balaban J connectivity index is 2.08. The third-order valence-corrected chi connectivity index (χ3v) is 3.15. The molecule has 5 nitrogen and oxygen atoms in total. The zero-order chi connectivity index (χ0) is 13.8. The monoisotopic (exact) mass is 266 g/mol. The van der Waals surface area contributed by atoms with E-state index in [1.165, 1.54) is 25.3 Å². The minimum absolute atomic E-state index is 0.113. The molecule has 0 atom stereocenters. The van der Waals surface area contributed by atoms with Crippen molar-refractivity contribution in [2.24, 2.45) is 0 Å². The lowest BCUT2D eigenvalue weighted by Gasteiger charge is -2.32. The summed E-state index contributed by atoms with van der Waals surface area (Å²) in [5.41, 5.74) is 0.290. The van der Waals surface area contributed by atoms with E-state index in [-0.39, 0.29) is 17.2 Å². The first-order valence-electron chi connectivity index (χ1n) is 5.98. The molecule has 1 aliphatic rings. The fourth-order valence-electron chi connectivity index (χ4n) is 2.01. The third kappa shape index (κ3) is 2.83. The Hall–Kier alpha value is -2.11. The number of piperazine rings is 1. The first-order valence-corrected chi connectivity index (χ1v) is 5.98. The van der Waals surface area contributed by atoms with E-state index in [9.17, 15) is 14.0 Å². The molecular weight excluding hydrogens is 251 g/mol. The molecule has 1 aromatic rings. The lowest BCUT2D eigenvalue weighted by atomic mass is 10.1. The van der Waals surface area contributed by atoms with Gasteiger partial charge in [-0.1, -0.05) is 0 Å². The summed E-state index contributed by atoms with van der Waals surface area (Å²) in [5, 5.41) is 0. The number of rotatable bonds is 3. The number of amides is 2. The van der Waals surface area contributed by atoms with E-state index in [2.05, 4.69) is 0 Å². The van der Waals surface area contributed by atoms with E-state index < -0.39 is 5.82 Å². The molecule has 0 spiro atoms. The Morgan fingerprint density at radius 2 is 2.00 bits per heavy atom. The summed E-state index contributed by atoms with van der Waals surface area (Å²) in [5.74, 6) is -0.672. The van der Waals surface area contributed by atoms with Gasteiger partial charge in [0.05, 0.1) is 7.11 Å². The van der Waals surface area contributed by atoms with Gasteiger partial charge in [-0.05, 0) is 18.2 Å². The average Bonchev–Trinajstić information content (AvgIpc) is 2.46. The molecule has 1 saturated heterocycles. The molecule has 0 unspecified atom stereocenters. The Morgan fingerprint density at radius 1 is 1.32 bits per heavy atom. The van der Waals surface area contributed by atoms with E-state index >= 15 is 0 Å². The van der Waals surface area contributed by atoms with Crippen molar-refractivity contribution >= 4 is 12.3 Å². The largest absolute Gasteiger partial charge is 0.494 e. The van der Waals surface area contributed by atoms with Gasteiger partial charge in [0.25, 0.3) is 5.91 Å². The second-order valence-corrected chi connectivity index (χ2v) is 4.28. The molecule has 2 rings (SSSR count). The van der Waals surface area contributed by atoms with Gasteiger partial charge in [-0.15, -0.1) is 0 Å². The number of ether oxygens (including phenoxy) is 1. The highest BCUT2D eigenvalue weighted by atomic mass is 19.1. The Kier molecular flexibility index (Phi) is 3.99. The fourth-order valence-corrected chi connectivity index (χ4v) is 2.01. The topological polar surface area (TPSA) is 49.9 Å². The zero-order valence-electron chi connectivity index (χ0n) is 10.6. The highest BCUT2D eigenvalue weighted by molar-refractivity contribution is 5.94. The number of benzene rings is 1. The number of nitrogens with zero attached hydrogens (tertiary/aromatic N) is 2. The zero-order valence-corrected chi connectivity index (χ0v) is 10.6. The maximum atomic E-state index is 13.5. The number of halogens is 1. The predicted molar refractivity (Wildman–Crippen MR) is 66.5 cm³/mol. The summed E-state index contributed by atoms with van der Waals surface area (Å²) < 4.78 is 18.4. The molecule has 1 fully saturated rings. The van der Waals surface area contributed by atoms with Crippen molar-refractivity contribution in [2.75, 3.05) is 33.3 Å². The van der Waals surface area contributed by atoms with Crippen molar-refractivity contribution in [2.45, 2.75) is 0 Å². The summed E-state index contributed by atoms with van der Waals surface area (Å²) in [7, 11) is 1.37. The van der Waals surface area contributed by atoms with E-state index in [1.807, 2.05) is 0 Å². The molecule has 1 aromatic carbocycles. The Morgan fingerprint density at radius 3 is 2.53 bits per heavy atom. The number of methoxy groups -OCH3 is 1. The van der Waals surface area contributed by atoms with Crippen LogP contribution in [0.15, 0.2) is 18.2 Å². The molecule has 1 heterocycles. The van der Waals surface area contributed by atoms with Crippen molar-refractivity contribution in [3.8, 4) is 5.75 Å². The molecule has 0 N–H and O–H groups in total. The van der Waals surface area contributed by atoms with Crippen LogP contribution < -0.4 is 4.74 Å². The summed E-state index contributed by atoms with van der Waals surface area (Å²) in [4.78, 5) is 26.0. The van der Waals surface area contributed by atoms with Gasteiger partial charge in [0.2, 0.25) is 6.41 Å². The average molecular weight is 266 g/mol. The maximum Gasteiger partial charge on any atom is 0.254 e. The Bertz CT molecular complexity index is 485. The first kappa shape index (κ1) is 13.3. The molecule has 102 valence electrons. The number of carbonyl (C=O) groups excluding carboxylic acids is 2. The van der Waals surface area contributed by atoms with Gasteiger partial charge in [0.1, 0.15) is 0 Å². The van der Waals surface area contributed by atoms with Crippen LogP contribution in [0.5, 0.6) is 5.75 Å². The Labute approximate surface area is 110 Å². The van der Waals surface area contributed by atoms with Crippen LogP contribution in [0.3, 0.4) is 0 Å². The van der Waals surface area contributed by atoms with Crippen molar-refractivity contribution < 1.29 is 18.7 Å². The third-order valence-electron chi connectivity index (χ3n) is 3.15. The highest BCUT2D eigenvalue weighted by Crippen LogP contribution is 2.19. The predicted octanol–water partition coefficient (Wildman–Crippen LogP) is 0.748. The van der Waals surface area contributed by atoms with E-state index in [0.717, 1.165) is 6.41 Å². The van der Waals surface area contributed by atoms with Gasteiger partial charge in [-0.2, -0.15) is 0 Å². The lowest BCUT2D eigenvalue weighted by Crippen LogP contribution is -2.48. The van der Waals surface area contributed by atoms with E-state index in [1.54, 1.807) is 9.80 Å². The molecule has 0 radical (unpaired) electrons. The van der Waals surface area contributed by atoms with Gasteiger partial charge >= 0.3 is 0 Å². The second-order valence-electron chi connectivity index (χ2n) is 4.28. The van der Waals surface area contributed by atoms with Crippen LogP contribution in [0.1, 0.15) is 10.4 Å². The van der Waals surface area contributed by atoms with Crippen LogP contribution >= 0.6 is 0 Å². The molecule has 0 saturated carbocycles. The van der Waals surface area contributed by atoms with Gasteiger partial charge in [-0.3, -0.25) is 9.59 Å². The first-order chi connectivity index (χ1) is 9.15. The van der Waals surface area contributed by atoms with E-state index in [4.69, 9.17) is 4.74 Å². The molecule has 19 heavy (non-hydrogen) atoms. The second kappa shape index (κ2) is 5.69. The highest BCUT2D eigenvalue weighted by Gasteiger charge is 2.22. The standard InChI is InChI=1S/C13H15FN2O3/c1-19-12-3-2-10(8-11(12)14)13(18)16-6-4-15(9-17)5-7-16/h2-3,8-9H,4-7H2,1H3. The lowest BCUT2D eigenvalue weighted by molar-refractivity contribution is -0.119. The number of hydrogen-bond donors (Lipinski definition) is 0. The van der Waals surface area contributed by atoms with Crippen molar-refractivity contribution in [3.05, 3.63) is 29.6 Å². The SMILES string of the molecule is COc1ccc(C(=O)N2CCN(C=O)CC2)cc1F. The maximum absolute atomic E-state index is 13.5. The van der Waals surface area contributed by atoms with Crippen molar-refractivity contribution in [1.82, 2.24) is 9.80 Å². The minimum atomic E-state index is -0.556. The van der Waals surface area contributed by atoms with Crippen LogP contribution in [0, 0.1) is 5.82 Å². The minimum Gasteiger partial charge on any atom is -0.494 e. The molecule has 0 bridgehead atoms. The normalized spacial score (nSPS) is 15.3. The van der Waals surface area contributed by atoms with Crippen molar-refractivity contribution in [3.63, 3.8) is 0 Å². The summed E-state index contributed by atoms with van der Waals surface area (Å²) in [6.45, 7) is 1.94. The molecule has 2 amide bonds. The van der Waals surface area contributed by atoms with Crippen LogP contribution in [-0.2, 0) is 4.79 Å². The summed E-state index contributed by atoms with van der Waals surface area (Å²) >= 11 is 0. The molecule has 0 aromatic heterocycles. The van der Waals surface area contributed by atoms with Gasteiger partial charge in [0.15, 0.2) is 11.6 Å². The van der Waals surface area contributed by atoms with Gasteiger partial charge in [0, 0.05) is 31.7 Å². The molecular formula is C13H15FN2O3. The smallest absolute Gasteiger partial charge is 0.254 e. The quantitative estimate of drug-likeness (QED) is 0.759. The molecule has 1 aliphatic heterocycles. The van der Waals surface area contributed by atoms with Crippen LogP contribution in [0.25, 0.3) is 0 Å². The summed E-state index contributed by atoms with van der Waals surface area (Å²) in [6, 6.07) is 4.15. The summed E-state index contributed by atoms with van der Waals surface area (Å²) in [6.07, 6.45) is 0.773.